The van der Waals surface area contributed by atoms with Gasteiger partial charge in [-0.05, 0) is 24.6 Å². The molecular weight excluding hydrogens is 310 g/mol. The molecule has 0 saturated carbocycles. The minimum absolute atomic E-state index is 0.0540. The number of aromatic nitrogens is 1. The minimum atomic E-state index is -0.240. The molecule has 2 amide bonds. The first-order chi connectivity index (χ1) is 9.99. The zero-order valence-corrected chi connectivity index (χ0v) is 13.1. The van der Waals surface area contributed by atoms with Crippen LogP contribution in [0.25, 0.3) is 0 Å². The molecule has 0 aliphatic rings. The standard InChI is InChI=1S/C14H14ClN3O2S/c1-8-12(21-14(15)17-8)13(20)18-10-5-3-9(4-6-10)7-11(19)16-2/h3-6H,7H2,1-2H3,(H,16,19)(H,18,20). The highest BCUT2D eigenvalue weighted by Gasteiger charge is 2.14. The Kier molecular flexibility index (Phi) is 4.93. The lowest BCUT2D eigenvalue weighted by molar-refractivity contribution is -0.119. The van der Waals surface area contributed by atoms with E-state index < -0.39 is 0 Å². The van der Waals surface area contributed by atoms with Crippen molar-refractivity contribution >= 4 is 40.4 Å². The largest absolute Gasteiger partial charge is 0.359 e. The molecule has 0 spiro atoms. The number of carbonyl (C=O) groups is 2. The van der Waals surface area contributed by atoms with E-state index in [9.17, 15) is 9.59 Å². The van der Waals surface area contributed by atoms with Gasteiger partial charge in [-0.25, -0.2) is 4.98 Å². The van der Waals surface area contributed by atoms with Gasteiger partial charge in [-0.1, -0.05) is 35.1 Å². The molecule has 110 valence electrons. The van der Waals surface area contributed by atoms with E-state index in [1.807, 2.05) is 0 Å². The van der Waals surface area contributed by atoms with Crippen LogP contribution in [0.4, 0.5) is 5.69 Å². The molecule has 2 N–H and O–H groups in total. The van der Waals surface area contributed by atoms with Crippen molar-refractivity contribution in [1.29, 1.82) is 0 Å². The maximum absolute atomic E-state index is 12.1. The lowest BCUT2D eigenvalue weighted by Crippen LogP contribution is -2.19. The number of hydrogen-bond acceptors (Lipinski definition) is 4. The molecule has 5 nitrogen and oxygen atoms in total. The van der Waals surface area contributed by atoms with Crippen molar-refractivity contribution in [3.63, 3.8) is 0 Å². The third-order valence-electron chi connectivity index (χ3n) is 2.83. The predicted octanol–water partition coefficient (Wildman–Crippen LogP) is 2.65. The van der Waals surface area contributed by atoms with Gasteiger partial charge in [0.15, 0.2) is 4.47 Å². The molecule has 2 aromatic rings. The fourth-order valence-corrected chi connectivity index (χ4v) is 2.79. The van der Waals surface area contributed by atoms with Crippen LogP contribution in [0.1, 0.15) is 20.9 Å². The van der Waals surface area contributed by atoms with E-state index in [-0.39, 0.29) is 11.8 Å². The Bertz CT molecular complexity index is 667. The molecule has 2 rings (SSSR count). The first-order valence-electron chi connectivity index (χ1n) is 6.23. The molecule has 21 heavy (non-hydrogen) atoms. The topological polar surface area (TPSA) is 71.1 Å². The molecule has 0 fully saturated rings. The lowest BCUT2D eigenvalue weighted by Gasteiger charge is -2.05. The van der Waals surface area contributed by atoms with Gasteiger partial charge in [-0.3, -0.25) is 9.59 Å². The lowest BCUT2D eigenvalue weighted by atomic mass is 10.1. The summed E-state index contributed by atoms with van der Waals surface area (Å²) < 4.78 is 0.346. The predicted molar refractivity (Wildman–Crippen MR) is 84.0 cm³/mol. The zero-order valence-electron chi connectivity index (χ0n) is 11.6. The van der Waals surface area contributed by atoms with Gasteiger partial charge >= 0.3 is 0 Å². The van der Waals surface area contributed by atoms with E-state index in [0.29, 0.717) is 27.1 Å². The number of nitrogens with zero attached hydrogens (tertiary/aromatic N) is 1. The second kappa shape index (κ2) is 6.69. The van der Waals surface area contributed by atoms with Gasteiger partial charge in [0.1, 0.15) is 4.88 Å². The maximum Gasteiger partial charge on any atom is 0.267 e. The number of nitrogens with one attached hydrogen (secondary N) is 2. The summed E-state index contributed by atoms with van der Waals surface area (Å²) in [6.45, 7) is 1.74. The van der Waals surface area contributed by atoms with Crippen molar-refractivity contribution in [3.8, 4) is 0 Å². The Morgan fingerprint density at radius 2 is 1.95 bits per heavy atom. The van der Waals surface area contributed by atoms with E-state index in [2.05, 4.69) is 15.6 Å². The summed E-state index contributed by atoms with van der Waals surface area (Å²) in [6.07, 6.45) is 0.314. The molecule has 0 saturated heterocycles. The second-order valence-electron chi connectivity index (χ2n) is 4.38. The van der Waals surface area contributed by atoms with Gasteiger partial charge < -0.3 is 10.6 Å². The second-order valence-corrected chi connectivity index (χ2v) is 5.96. The SMILES string of the molecule is CNC(=O)Cc1ccc(NC(=O)c2sc(Cl)nc2C)cc1. The molecule has 0 unspecified atom stereocenters. The molecule has 0 aliphatic carbocycles. The van der Waals surface area contributed by atoms with Gasteiger partial charge in [0, 0.05) is 12.7 Å². The van der Waals surface area contributed by atoms with Crippen LogP contribution in [0.15, 0.2) is 24.3 Å². The zero-order chi connectivity index (χ0) is 15.4. The summed E-state index contributed by atoms with van der Waals surface area (Å²) in [6, 6.07) is 7.12. The molecular formula is C14H14ClN3O2S. The molecule has 0 atom stereocenters. The summed E-state index contributed by atoms with van der Waals surface area (Å²) in [4.78, 5) is 27.9. The average molecular weight is 324 g/mol. The van der Waals surface area contributed by atoms with Gasteiger partial charge in [0.2, 0.25) is 5.91 Å². The van der Waals surface area contributed by atoms with Crippen molar-refractivity contribution in [1.82, 2.24) is 10.3 Å². The summed E-state index contributed by atoms with van der Waals surface area (Å²) in [5.74, 6) is -0.294. The van der Waals surface area contributed by atoms with Crippen molar-refractivity contribution in [2.45, 2.75) is 13.3 Å². The molecule has 1 aromatic carbocycles. The first-order valence-corrected chi connectivity index (χ1v) is 7.43. The van der Waals surface area contributed by atoms with E-state index in [1.165, 1.54) is 0 Å². The number of likely N-dealkylation sites (N-methyl/N-ethyl adjacent to an activating group) is 1. The van der Waals surface area contributed by atoms with E-state index in [0.717, 1.165) is 16.9 Å². The van der Waals surface area contributed by atoms with Crippen LogP contribution < -0.4 is 10.6 Å². The van der Waals surface area contributed by atoms with E-state index in [4.69, 9.17) is 11.6 Å². The number of halogens is 1. The molecule has 1 aromatic heterocycles. The number of benzene rings is 1. The number of carbonyl (C=O) groups excluding carboxylic acids is 2. The number of hydrogen-bond donors (Lipinski definition) is 2. The smallest absolute Gasteiger partial charge is 0.267 e. The van der Waals surface area contributed by atoms with Crippen LogP contribution in [0.5, 0.6) is 0 Å². The summed E-state index contributed by atoms with van der Waals surface area (Å²) in [7, 11) is 1.60. The molecule has 0 radical (unpaired) electrons. The van der Waals surface area contributed by atoms with E-state index >= 15 is 0 Å². The van der Waals surface area contributed by atoms with Crippen molar-refractivity contribution < 1.29 is 9.59 Å². The number of aryl methyl sites for hydroxylation is 1. The third kappa shape index (κ3) is 4.03. The monoisotopic (exact) mass is 323 g/mol. The van der Waals surface area contributed by atoms with Crippen molar-refractivity contribution in [2.75, 3.05) is 12.4 Å². The number of rotatable bonds is 4. The highest BCUT2D eigenvalue weighted by Crippen LogP contribution is 2.23. The normalized spacial score (nSPS) is 10.2. The van der Waals surface area contributed by atoms with Gasteiger partial charge in [-0.2, -0.15) is 0 Å². The van der Waals surface area contributed by atoms with Crippen molar-refractivity contribution in [3.05, 3.63) is 44.9 Å². The van der Waals surface area contributed by atoms with Gasteiger partial charge in [0.05, 0.1) is 12.1 Å². The summed E-state index contributed by atoms with van der Waals surface area (Å²) in [5, 5.41) is 5.34. The number of anilines is 1. The average Bonchev–Trinajstić information content (AvgIpc) is 2.80. The third-order valence-corrected chi connectivity index (χ3v) is 4.09. The van der Waals surface area contributed by atoms with Crippen LogP contribution in [-0.4, -0.2) is 23.8 Å². The highest BCUT2D eigenvalue weighted by atomic mass is 35.5. The van der Waals surface area contributed by atoms with Crippen LogP contribution in [0.2, 0.25) is 4.47 Å². The molecule has 0 aliphatic heterocycles. The molecule has 1 heterocycles. The summed E-state index contributed by atoms with van der Waals surface area (Å²) in [5.41, 5.74) is 2.15. The van der Waals surface area contributed by atoms with Crippen molar-refractivity contribution in [2.24, 2.45) is 0 Å². The van der Waals surface area contributed by atoms with Gasteiger partial charge in [0.25, 0.3) is 5.91 Å². The Labute approximate surface area is 131 Å². The minimum Gasteiger partial charge on any atom is -0.359 e. The van der Waals surface area contributed by atoms with Crippen LogP contribution in [-0.2, 0) is 11.2 Å². The Morgan fingerprint density at radius 3 is 2.48 bits per heavy atom. The van der Waals surface area contributed by atoms with Crippen LogP contribution in [0, 0.1) is 6.92 Å². The maximum atomic E-state index is 12.1. The fraction of sp³-hybridized carbons (Fsp3) is 0.214. The molecule has 0 bridgehead atoms. The van der Waals surface area contributed by atoms with E-state index in [1.54, 1.807) is 38.2 Å². The Balaban J connectivity index is 2.05. The van der Waals surface area contributed by atoms with Crippen LogP contribution in [0.3, 0.4) is 0 Å². The Hall–Kier alpha value is -1.92. The summed E-state index contributed by atoms with van der Waals surface area (Å²) >= 11 is 6.93. The quantitative estimate of drug-likeness (QED) is 0.908. The Morgan fingerprint density at radius 1 is 1.29 bits per heavy atom. The highest BCUT2D eigenvalue weighted by molar-refractivity contribution is 7.17. The van der Waals surface area contributed by atoms with Crippen LogP contribution >= 0.6 is 22.9 Å². The first kappa shape index (κ1) is 15.5. The number of thiazole rings is 1. The molecule has 7 heteroatoms. The van der Waals surface area contributed by atoms with Gasteiger partial charge in [-0.15, -0.1) is 0 Å². The fourth-order valence-electron chi connectivity index (χ4n) is 1.74. The number of amides is 2.